The molecule has 124 valence electrons. The summed E-state index contributed by atoms with van der Waals surface area (Å²) in [6, 6.07) is 2.17. The van der Waals surface area contributed by atoms with Gasteiger partial charge in [-0.2, -0.15) is 0 Å². The zero-order valence-electron chi connectivity index (χ0n) is 13.4. The van der Waals surface area contributed by atoms with Gasteiger partial charge in [-0.15, -0.1) is 0 Å². The Morgan fingerprint density at radius 2 is 1.75 bits per heavy atom. The maximum atomic E-state index is 11.9. The van der Waals surface area contributed by atoms with E-state index in [1.165, 1.54) is 18.5 Å². The number of H-pyrrole nitrogens is 1. The molecule has 0 aromatic carbocycles. The number of fused-ring (bicyclic) bond motifs is 1. The van der Waals surface area contributed by atoms with E-state index in [0.29, 0.717) is 23.6 Å². The first-order chi connectivity index (χ1) is 11.8. The maximum Gasteiger partial charge on any atom is 0.290 e. The van der Waals surface area contributed by atoms with Gasteiger partial charge >= 0.3 is 0 Å². The van der Waals surface area contributed by atoms with Gasteiger partial charge in [-0.3, -0.25) is 4.79 Å². The van der Waals surface area contributed by atoms with Gasteiger partial charge < -0.3 is 14.8 Å². The van der Waals surface area contributed by atoms with Crippen molar-refractivity contribution < 1.29 is 0 Å². The lowest BCUT2D eigenvalue weighted by Gasteiger charge is -2.22. The van der Waals surface area contributed by atoms with Gasteiger partial charge in [-0.05, 0) is 12.8 Å². The molecule has 3 aliphatic rings. The molecule has 0 amide bonds. The standard InChI is InChI=1S/C17H20N6O/c24-17-16(18-3-4-19-17)23-8-12-6-22(7-13(12)9-23)15-5-14(11-1-2-11)20-10-21-15/h3-5,10-13H,1-2,6-9H2,(H,19,24). The molecule has 5 rings (SSSR count). The Hall–Kier alpha value is -2.44. The lowest BCUT2D eigenvalue weighted by molar-refractivity contribution is 0.533. The SMILES string of the molecule is O=c1[nH]ccnc1N1CC2CN(c3cc(C4CC4)ncn3)CC2C1. The molecular formula is C17H20N6O. The summed E-state index contributed by atoms with van der Waals surface area (Å²) < 4.78 is 0. The van der Waals surface area contributed by atoms with Crippen LogP contribution in [-0.2, 0) is 0 Å². The van der Waals surface area contributed by atoms with E-state index in [4.69, 9.17) is 0 Å². The quantitative estimate of drug-likeness (QED) is 0.908. The van der Waals surface area contributed by atoms with Crippen LogP contribution in [-0.4, -0.2) is 46.1 Å². The fourth-order valence-electron chi connectivity index (χ4n) is 4.06. The summed E-state index contributed by atoms with van der Waals surface area (Å²) in [6.45, 7) is 3.77. The number of aromatic nitrogens is 4. The van der Waals surface area contributed by atoms with Crippen molar-refractivity contribution in [3.63, 3.8) is 0 Å². The summed E-state index contributed by atoms with van der Waals surface area (Å²) in [6.07, 6.45) is 7.45. The normalized spacial score (nSPS) is 26.0. The van der Waals surface area contributed by atoms with Crippen LogP contribution in [0.15, 0.2) is 29.6 Å². The molecule has 0 bridgehead atoms. The van der Waals surface area contributed by atoms with E-state index in [-0.39, 0.29) is 5.56 Å². The highest BCUT2D eigenvalue weighted by Crippen LogP contribution is 2.40. The second kappa shape index (κ2) is 5.29. The van der Waals surface area contributed by atoms with Crippen LogP contribution in [0.4, 0.5) is 11.6 Å². The molecule has 2 aromatic heterocycles. The van der Waals surface area contributed by atoms with Gasteiger partial charge in [-0.1, -0.05) is 0 Å². The van der Waals surface area contributed by atoms with Crippen LogP contribution in [0.2, 0.25) is 0 Å². The number of hydrogen-bond acceptors (Lipinski definition) is 6. The van der Waals surface area contributed by atoms with Crippen molar-refractivity contribution in [2.45, 2.75) is 18.8 Å². The minimum absolute atomic E-state index is 0.0980. The van der Waals surface area contributed by atoms with E-state index in [2.05, 4.69) is 35.8 Å². The molecule has 7 nitrogen and oxygen atoms in total. The molecule has 1 aliphatic carbocycles. The van der Waals surface area contributed by atoms with Crippen molar-refractivity contribution in [2.75, 3.05) is 36.0 Å². The van der Waals surface area contributed by atoms with Gasteiger partial charge in [0.15, 0.2) is 5.82 Å². The number of aromatic amines is 1. The van der Waals surface area contributed by atoms with Crippen LogP contribution < -0.4 is 15.4 Å². The Balaban J connectivity index is 1.31. The zero-order valence-corrected chi connectivity index (χ0v) is 13.4. The van der Waals surface area contributed by atoms with Crippen molar-refractivity contribution in [3.8, 4) is 0 Å². The first-order valence-corrected chi connectivity index (χ1v) is 8.63. The molecule has 3 fully saturated rings. The minimum Gasteiger partial charge on any atom is -0.356 e. The molecule has 1 N–H and O–H groups in total. The van der Waals surface area contributed by atoms with Gasteiger partial charge in [-0.25, -0.2) is 15.0 Å². The third kappa shape index (κ3) is 2.35. The molecule has 0 radical (unpaired) electrons. The van der Waals surface area contributed by atoms with E-state index in [9.17, 15) is 4.79 Å². The number of rotatable bonds is 3. The lowest BCUT2D eigenvalue weighted by Crippen LogP contribution is -2.32. The smallest absolute Gasteiger partial charge is 0.290 e. The van der Waals surface area contributed by atoms with Crippen molar-refractivity contribution in [3.05, 3.63) is 40.8 Å². The van der Waals surface area contributed by atoms with Crippen molar-refractivity contribution >= 4 is 11.6 Å². The second-order valence-electron chi connectivity index (χ2n) is 7.15. The van der Waals surface area contributed by atoms with E-state index < -0.39 is 0 Å². The molecule has 1 saturated carbocycles. The number of hydrogen-bond donors (Lipinski definition) is 1. The van der Waals surface area contributed by atoms with Crippen LogP contribution in [0.3, 0.4) is 0 Å². The molecule has 2 saturated heterocycles. The third-order valence-corrected chi connectivity index (χ3v) is 5.47. The van der Waals surface area contributed by atoms with Gasteiger partial charge in [0.05, 0.1) is 0 Å². The summed E-state index contributed by atoms with van der Waals surface area (Å²) in [5, 5.41) is 0. The Morgan fingerprint density at radius 3 is 2.46 bits per heavy atom. The molecule has 4 heterocycles. The Bertz CT molecular complexity index is 802. The van der Waals surface area contributed by atoms with E-state index in [1.54, 1.807) is 18.7 Å². The minimum atomic E-state index is -0.0980. The Morgan fingerprint density at radius 1 is 1.00 bits per heavy atom. The first kappa shape index (κ1) is 13.9. The number of nitrogens with one attached hydrogen (secondary N) is 1. The van der Waals surface area contributed by atoms with Crippen LogP contribution in [0.1, 0.15) is 24.5 Å². The largest absolute Gasteiger partial charge is 0.356 e. The molecule has 7 heteroatoms. The molecule has 2 aliphatic heterocycles. The maximum absolute atomic E-state index is 11.9. The molecule has 2 atom stereocenters. The number of nitrogens with zero attached hydrogens (tertiary/aromatic N) is 5. The van der Waals surface area contributed by atoms with Crippen LogP contribution in [0.5, 0.6) is 0 Å². The zero-order chi connectivity index (χ0) is 16.1. The summed E-state index contributed by atoms with van der Waals surface area (Å²) in [7, 11) is 0. The average molecular weight is 324 g/mol. The molecule has 2 aromatic rings. The Kier molecular flexibility index (Phi) is 3.08. The second-order valence-corrected chi connectivity index (χ2v) is 7.15. The predicted octanol–water partition coefficient (Wildman–Crippen LogP) is 1.01. The fraction of sp³-hybridized carbons (Fsp3) is 0.529. The highest BCUT2D eigenvalue weighted by molar-refractivity contribution is 5.45. The van der Waals surface area contributed by atoms with Gasteiger partial charge in [0, 0.05) is 68.1 Å². The third-order valence-electron chi connectivity index (χ3n) is 5.47. The van der Waals surface area contributed by atoms with Crippen molar-refractivity contribution in [1.29, 1.82) is 0 Å². The average Bonchev–Trinajstić information content (AvgIpc) is 3.26. The Labute approximate surface area is 139 Å². The lowest BCUT2D eigenvalue weighted by atomic mass is 10.0. The highest BCUT2D eigenvalue weighted by Gasteiger charge is 2.41. The predicted molar refractivity (Wildman–Crippen MR) is 90.3 cm³/mol. The molecule has 2 unspecified atom stereocenters. The molecular weight excluding hydrogens is 304 g/mol. The van der Waals surface area contributed by atoms with Gasteiger partial charge in [0.1, 0.15) is 12.1 Å². The van der Waals surface area contributed by atoms with Gasteiger partial charge in [0.2, 0.25) is 0 Å². The molecule has 24 heavy (non-hydrogen) atoms. The van der Waals surface area contributed by atoms with Crippen LogP contribution in [0, 0.1) is 11.8 Å². The summed E-state index contributed by atoms with van der Waals surface area (Å²) >= 11 is 0. The number of anilines is 2. The van der Waals surface area contributed by atoms with E-state index in [0.717, 1.165) is 32.0 Å². The summed E-state index contributed by atoms with van der Waals surface area (Å²) in [5.74, 6) is 3.39. The summed E-state index contributed by atoms with van der Waals surface area (Å²) in [5.41, 5.74) is 1.10. The van der Waals surface area contributed by atoms with Crippen LogP contribution in [0.25, 0.3) is 0 Å². The van der Waals surface area contributed by atoms with E-state index >= 15 is 0 Å². The topological polar surface area (TPSA) is 78.0 Å². The fourth-order valence-corrected chi connectivity index (χ4v) is 4.06. The van der Waals surface area contributed by atoms with E-state index in [1.807, 2.05) is 0 Å². The van der Waals surface area contributed by atoms with Crippen molar-refractivity contribution in [1.82, 2.24) is 19.9 Å². The van der Waals surface area contributed by atoms with Crippen molar-refractivity contribution in [2.24, 2.45) is 11.8 Å². The van der Waals surface area contributed by atoms with Gasteiger partial charge in [0.25, 0.3) is 5.56 Å². The van der Waals surface area contributed by atoms with Crippen LogP contribution >= 0.6 is 0 Å². The molecule has 0 spiro atoms. The summed E-state index contributed by atoms with van der Waals surface area (Å²) in [4.78, 5) is 32.3. The first-order valence-electron chi connectivity index (χ1n) is 8.63. The highest BCUT2D eigenvalue weighted by atomic mass is 16.1. The monoisotopic (exact) mass is 324 g/mol.